The number of halogens is 1. The van der Waals surface area contributed by atoms with E-state index in [1.807, 2.05) is 22.7 Å². The molecule has 0 spiro atoms. The molecular formula is C10H12BrN3. The first kappa shape index (κ1) is 9.52. The number of hydrogen-bond acceptors (Lipinski definition) is 2. The fourth-order valence-corrected chi connectivity index (χ4v) is 2.10. The molecule has 0 saturated heterocycles. The second kappa shape index (κ2) is 3.28. The summed E-state index contributed by atoms with van der Waals surface area (Å²) in [5.41, 5.74) is 6.81. The summed E-state index contributed by atoms with van der Waals surface area (Å²) in [6, 6.07) is 3.95. The van der Waals surface area contributed by atoms with Gasteiger partial charge in [-0.2, -0.15) is 0 Å². The number of nitrogens with two attached hydrogens (primary N) is 1. The van der Waals surface area contributed by atoms with Crippen LogP contribution in [0.2, 0.25) is 0 Å². The maximum absolute atomic E-state index is 5.85. The van der Waals surface area contributed by atoms with Crippen LogP contribution in [0.5, 0.6) is 0 Å². The SMILES string of the molecule is CC(C)c1nc(N)c2c(Br)cccn12. The van der Waals surface area contributed by atoms with E-state index < -0.39 is 0 Å². The molecule has 0 aromatic carbocycles. The van der Waals surface area contributed by atoms with E-state index in [0.717, 1.165) is 15.8 Å². The Morgan fingerprint density at radius 2 is 2.21 bits per heavy atom. The predicted octanol–water partition coefficient (Wildman–Crippen LogP) is 2.80. The highest BCUT2D eigenvalue weighted by atomic mass is 79.9. The molecule has 2 N–H and O–H groups in total. The van der Waals surface area contributed by atoms with Gasteiger partial charge in [0.25, 0.3) is 0 Å². The summed E-state index contributed by atoms with van der Waals surface area (Å²) >= 11 is 3.47. The second-order valence-corrected chi connectivity index (χ2v) is 4.44. The van der Waals surface area contributed by atoms with Crippen LogP contribution in [-0.2, 0) is 0 Å². The molecule has 74 valence electrons. The normalized spacial score (nSPS) is 11.4. The van der Waals surface area contributed by atoms with Gasteiger partial charge in [-0.3, -0.25) is 0 Å². The number of hydrogen-bond donors (Lipinski definition) is 1. The summed E-state index contributed by atoms with van der Waals surface area (Å²) < 4.78 is 3.02. The molecule has 0 bridgehead atoms. The fraction of sp³-hybridized carbons (Fsp3) is 0.300. The number of rotatable bonds is 1. The van der Waals surface area contributed by atoms with Crippen molar-refractivity contribution in [3.05, 3.63) is 28.6 Å². The van der Waals surface area contributed by atoms with E-state index in [1.54, 1.807) is 0 Å². The number of aromatic nitrogens is 2. The fourth-order valence-electron chi connectivity index (χ4n) is 1.56. The zero-order valence-corrected chi connectivity index (χ0v) is 9.75. The minimum Gasteiger partial charge on any atom is -0.382 e. The van der Waals surface area contributed by atoms with Gasteiger partial charge in [0, 0.05) is 16.6 Å². The zero-order valence-electron chi connectivity index (χ0n) is 8.16. The van der Waals surface area contributed by atoms with Crippen LogP contribution in [0.4, 0.5) is 5.82 Å². The van der Waals surface area contributed by atoms with Gasteiger partial charge in [-0.15, -0.1) is 0 Å². The number of fused-ring (bicyclic) bond motifs is 1. The number of nitrogen functional groups attached to an aromatic ring is 1. The smallest absolute Gasteiger partial charge is 0.151 e. The first-order chi connectivity index (χ1) is 6.61. The van der Waals surface area contributed by atoms with E-state index >= 15 is 0 Å². The lowest BCUT2D eigenvalue weighted by Gasteiger charge is -2.03. The van der Waals surface area contributed by atoms with Crippen LogP contribution in [0.25, 0.3) is 5.52 Å². The average Bonchev–Trinajstić information content (AvgIpc) is 2.45. The Morgan fingerprint density at radius 1 is 1.50 bits per heavy atom. The highest BCUT2D eigenvalue weighted by Crippen LogP contribution is 2.26. The van der Waals surface area contributed by atoms with Gasteiger partial charge in [0.05, 0.1) is 0 Å². The van der Waals surface area contributed by atoms with E-state index in [9.17, 15) is 0 Å². The molecule has 0 aliphatic rings. The van der Waals surface area contributed by atoms with Gasteiger partial charge >= 0.3 is 0 Å². The molecule has 2 rings (SSSR count). The van der Waals surface area contributed by atoms with Crippen molar-refractivity contribution >= 4 is 27.3 Å². The molecule has 0 aliphatic carbocycles. The lowest BCUT2D eigenvalue weighted by Crippen LogP contribution is -1.96. The van der Waals surface area contributed by atoms with Crippen LogP contribution in [0.1, 0.15) is 25.6 Å². The molecule has 0 saturated carbocycles. The van der Waals surface area contributed by atoms with Crippen molar-refractivity contribution in [1.29, 1.82) is 0 Å². The maximum Gasteiger partial charge on any atom is 0.151 e. The lowest BCUT2D eigenvalue weighted by molar-refractivity contribution is 0.771. The van der Waals surface area contributed by atoms with Gasteiger partial charge in [-0.25, -0.2) is 4.98 Å². The van der Waals surface area contributed by atoms with Crippen molar-refractivity contribution in [2.24, 2.45) is 0 Å². The molecule has 0 atom stereocenters. The predicted molar refractivity (Wildman–Crippen MR) is 61.4 cm³/mol. The van der Waals surface area contributed by atoms with Gasteiger partial charge in [0.15, 0.2) is 5.82 Å². The highest BCUT2D eigenvalue weighted by Gasteiger charge is 2.12. The van der Waals surface area contributed by atoms with Gasteiger partial charge in [0.1, 0.15) is 11.3 Å². The summed E-state index contributed by atoms with van der Waals surface area (Å²) in [7, 11) is 0. The van der Waals surface area contributed by atoms with Crippen molar-refractivity contribution in [2.45, 2.75) is 19.8 Å². The van der Waals surface area contributed by atoms with Crippen LogP contribution < -0.4 is 5.73 Å². The van der Waals surface area contributed by atoms with Gasteiger partial charge in [0.2, 0.25) is 0 Å². The monoisotopic (exact) mass is 253 g/mol. The molecule has 0 amide bonds. The van der Waals surface area contributed by atoms with Gasteiger partial charge in [-0.05, 0) is 28.1 Å². The Morgan fingerprint density at radius 3 is 2.86 bits per heavy atom. The van der Waals surface area contributed by atoms with Crippen LogP contribution >= 0.6 is 15.9 Å². The first-order valence-corrected chi connectivity index (χ1v) is 5.32. The van der Waals surface area contributed by atoms with E-state index in [4.69, 9.17) is 5.73 Å². The average molecular weight is 254 g/mol. The standard InChI is InChI=1S/C10H12BrN3/c1-6(2)10-13-9(12)8-7(11)4-3-5-14(8)10/h3-6H,12H2,1-2H3. The van der Waals surface area contributed by atoms with Crippen LogP contribution in [0.3, 0.4) is 0 Å². The minimum atomic E-state index is 0.370. The third-order valence-electron chi connectivity index (χ3n) is 2.19. The van der Waals surface area contributed by atoms with Crippen molar-refractivity contribution in [3.63, 3.8) is 0 Å². The quantitative estimate of drug-likeness (QED) is 0.850. The van der Waals surface area contributed by atoms with Crippen LogP contribution in [0, 0.1) is 0 Å². The molecule has 0 unspecified atom stereocenters. The zero-order chi connectivity index (χ0) is 10.3. The highest BCUT2D eigenvalue weighted by molar-refractivity contribution is 9.10. The maximum atomic E-state index is 5.85. The van der Waals surface area contributed by atoms with Crippen LogP contribution in [-0.4, -0.2) is 9.38 Å². The largest absolute Gasteiger partial charge is 0.382 e. The van der Waals surface area contributed by atoms with Crippen molar-refractivity contribution in [2.75, 3.05) is 5.73 Å². The van der Waals surface area contributed by atoms with E-state index in [1.165, 1.54) is 0 Å². The molecule has 14 heavy (non-hydrogen) atoms. The summed E-state index contributed by atoms with van der Waals surface area (Å²) in [5.74, 6) is 1.95. The van der Waals surface area contributed by atoms with Crippen molar-refractivity contribution in [3.8, 4) is 0 Å². The van der Waals surface area contributed by atoms with Gasteiger partial charge < -0.3 is 10.1 Å². The number of imidazole rings is 1. The molecule has 2 aromatic rings. The molecule has 0 fully saturated rings. The third kappa shape index (κ3) is 1.30. The molecule has 2 heterocycles. The summed E-state index contributed by atoms with van der Waals surface area (Å²) in [6.45, 7) is 4.21. The molecule has 0 radical (unpaired) electrons. The first-order valence-electron chi connectivity index (χ1n) is 4.53. The summed E-state index contributed by atoms with van der Waals surface area (Å²) in [6.07, 6.45) is 1.98. The van der Waals surface area contributed by atoms with Crippen LogP contribution in [0.15, 0.2) is 22.8 Å². The third-order valence-corrected chi connectivity index (χ3v) is 2.83. The van der Waals surface area contributed by atoms with Gasteiger partial charge in [-0.1, -0.05) is 13.8 Å². The topological polar surface area (TPSA) is 43.3 Å². The minimum absolute atomic E-state index is 0.370. The summed E-state index contributed by atoms with van der Waals surface area (Å²) in [5, 5.41) is 0. The number of nitrogens with zero attached hydrogens (tertiary/aromatic N) is 2. The Labute approximate surface area is 91.1 Å². The van der Waals surface area contributed by atoms with Crippen molar-refractivity contribution in [1.82, 2.24) is 9.38 Å². The van der Waals surface area contributed by atoms with E-state index in [-0.39, 0.29) is 0 Å². The summed E-state index contributed by atoms with van der Waals surface area (Å²) in [4.78, 5) is 4.36. The Bertz CT molecular complexity index is 473. The molecule has 0 aliphatic heterocycles. The number of pyridine rings is 1. The molecule has 3 nitrogen and oxygen atoms in total. The van der Waals surface area contributed by atoms with E-state index in [2.05, 4.69) is 34.8 Å². The number of anilines is 1. The van der Waals surface area contributed by atoms with E-state index in [0.29, 0.717) is 11.7 Å². The lowest BCUT2D eigenvalue weighted by atomic mass is 10.2. The van der Waals surface area contributed by atoms with Crippen molar-refractivity contribution < 1.29 is 0 Å². The Hall–Kier alpha value is -1.03. The Kier molecular flexibility index (Phi) is 2.23. The second-order valence-electron chi connectivity index (χ2n) is 3.58. The molecular weight excluding hydrogens is 242 g/mol. The Balaban J connectivity index is 2.84. The molecule has 2 aromatic heterocycles. The molecule has 4 heteroatoms.